The smallest absolute Gasteiger partial charge is 0.0541 e. The van der Waals surface area contributed by atoms with E-state index in [1.165, 1.54) is 33.0 Å². The van der Waals surface area contributed by atoms with Crippen molar-refractivity contribution in [2.24, 2.45) is 0 Å². The SMILES string of the molecule is c1ccc(-c2ccc(N(c3ccccc3)c3ccc(N(c4ccccc4)c4cccc(-c5ccccc5)c4)c4ccccc34)cc2)cc1. The van der Waals surface area contributed by atoms with E-state index in [4.69, 9.17) is 0 Å². The average molecular weight is 615 g/mol. The Balaban J connectivity index is 1.29. The highest BCUT2D eigenvalue weighted by atomic mass is 15.2. The molecule has 0 N–H and O–H groups in total. The van der Waals surface area contributed by atoms with E-state index in [1.807, 2.05) is 0 Å². The van der Waals surface area contributed by atoms with Gasteiger partial charge in [0.2, 0.25) is 0 Å². The molecule has 0 fully saturated rings. The fraction of sp³-hybridized carbons (Fsp3) is 0. The molecule has 0 amide bonds. The van der Waals surface area contributed by atoms with Gasteiger partial charge in [-0.15, -0.1) is 0 Å². The normalized spacial score (nSPS) is 10.9. The molecule has 0 heterocycles. The highest BCUT2D eigenvalue weighted by Gasteiger charge is 2.21. The zero-order valence-electron chi connectivity index (χ0n) is 26.5. The average Bonchev–Trinajstić information content (AvgIpc) is 3.18. The van der Waals surface area contributed by atoms with Crippen LogP contribution in [0.25, 0.3) is 33.0 Å². The summed E-state index contributed by atoms with van der Waals surface area (Å²) < 4.78 is 0. The first-order valence-electron chi connectivity index (χ1n) is 16.4. The second-order valence-electron chi connectivity index (χ2n) is 11.8. The molecule has 0 aliphatic heterocycles. The first-order chi connectivity index (χ1) is 23.8. The van der Waals surface area contributed by atoms with Crippen molar-refractivity contribution in [3.05, 3.63) is 206 Å². The van der Waals surface area contributed by atoms with Crippen LogP contribution in [0.15, 0.2) is 206 Å². The Morgan fingerprint density at radius 3 is 1.10 bits per heavy atom. The van der Waals surface area contributed by atoms with Gasteiger partial charge in [-0.25, -0.2) is 0 Å². The van der Waals surface area contributed by atoms with Gasteiger partial charge >= 0.3 is 0 Å². The molecule has 0 aromatic heterocycles. The van der Waals surface area contributed by atoms with E-state index in [9.17, 15) is 0 Å². The van der Waals surface area contributed by atoms with Crippen LogP contribution in [0.3, 0.4) is 0 Å². The van der Waals surface area contributed by atoms with E-state index < -0.39 is 0 Å². The van der Waals surface area contributed by atoms with Crippen molar-refractivity contribution >= 4 is 44.9 Å². The summed E-state index contributed by atoms with van der Waals surface area (Å²) in [5.41, 5.74) is 11.5. The standard InChI is InChI=1S/C46H34N2/c1-5-16-35(17-6-1)37-28-30-41(31-29-37)47(39-21-9-3-10-22-39)45-32-33-46(44-27-14-13-26-43(44)45)48(40-23-11-4-12-24-40)42-25-15-20-38(34-42)36-18-7-2-8-19-36/h1-34H. The topological polar surface area (TPSA) is 6.48 Å². The van der Waals surface area contributed by atoms with Gasteiger partial charge in [-0.3, -0.25) is 0 Å². The molecule has 8 rings (SSSR count). The number of nitrogens with zero attached hydrogens (tertiary/aromatic N) is 2. The summed E-state index contributed by atoms with van der Waals surface area (Å²) in [4.78, 5) is 4.74. The van der Waals surface area contributed by atoms with Gasteiger partial charge in [0.25, 0.3) is 0 Å². The van der Waals surface area contributed by atoms with Crippen LogP contribution < -0.4 is 9.80 Å². The summed E-state index contributed by atoms with van der Waals surface area (Å²) in [5, 5.41) is 2.34. The number of hydrogen-bond acceptors (Lipinski definition) is 2. The lowest BCUT2D eigenvalue weighted by Gasteiger charge is -2.31. The third kappa shape index (κ3) is 5.72. The van der Waals surface area contributed by atoms with E-state index in [-0.39, 0.29) is 0 Å². The van der Waals surface area contributed by atoms with Crippen LogP contribution in [0, 0.1) is 0 Å². The number of rotatable bonds is 8. The van der Waals surface area contributed by atoms with Crippen molar-refractivity contribution in [1.82, 2.24) is 0 Å². The Morgan fingerprint density at radius 2 is 0.583 bits per heavy atom. The number of hydrogen-bond donors (Lipinski definition) is 0. The van der Waals surface area contributed by atoms with Crippen LogP contribution in [0.4, 0.5) is 34.1 Å². The maximum atomic E-state index is 2.38. The van der Waals surface area contributed by atoms with E-state index in [1.54, 1.807) is 0 Å². The molecule has 8 aromatic carbocycles. The van der Waals surface area contributed by atoms with Gasteiger partial charge in [-0.2, -0.15) is 0 Å². The van der Waals surface area contributed by atoms with E-state index in [0.717, 1.165) is 34.1 Å². The minimum atomic E-state index is 1.11. The Kier molecular flexibility index (Phi) is 7.96. The minimum absolute atomic E-state index is 1.11. The fourth-order valence-corrected chi connectivity index (χ4v) is 6.55. The van der Waals surface area contributed by atoms with Crippen molar-refractivity contribution < 1.29 is 0 Å². The van der Waals surface area contributed by atoms with E-state index >= 15 is 0 Å². The van der Waals surface area contributed by atoms with Gasteiger partial charge in [-0.05, 0) is 82.9 Å². The predicted octanol–water partition coefficient (Wildman–Crippen LogP) is 13.1. The molecule has 0 saturated heterocycles. The van der Waals surface area contributed by atoms with Crippen LogP contribution in [-0.2, 0) is 0 Å². The monoisotopic (exact) mass is 614 g/mol. The van der Waals surface area contributed by atoms with Crippen LogP contribution in [0.1, 0.15) is 0 Å². The van der Waals surface area contributed by atoms with E-state index in [0.29, 0.717) is 0 Å². The molecule has 0 aliphatic carbocycles. The highest BCUT2D eigenvalue weighted by molar-refractivity contribution is 6.07. The number of anilines is 6. The summed E-state index contributed by atoms with van der Waals surface area (Å²) >= 11 is 0. The predicted molar refractivity (Wildman–Crippen MR) is 204 cm³/mol. The Labute approximate surface area is 282 Å². The van der Waals surface area contributed by atoms with Gasteiger partial charge < -0.3 is 9.80 Å². The molecule has 0 bridgehead atoms. The van der Waals surface area contributed by atoms with Crippen molar-refractivity contribution in [1.29, 1.82) is 0 Å². The largest absolute Gasteiger partial charge is 0.310 e. The Bertz CT molecular complexity index is 2260. The molecule has 0 unspecified atom stereocenters. The second kappa shape index (κ2) is 13.2. The van der Waals surface area contributed by atoms with Crippen LogP contribution in [0.2, 0.25) is 0 Å². The van der Waals surface area contributed by atoms with Crippen molar-refractivity contribution in [3.63, 3.8) is 0 Å². The molecule has 0 saturated carbocycles. The van der Waals surface area contributed by atoms with Crippen molar-refractivity contribution in [2.45, 2.75) is 0 Å². The zero-order valence-corrected chi connectivity index (χ0v) is 26.5. The Morgan fingerprint density at radius 1 is 0.229 bits per heavy atom. The molecule has 2 heteroatoms. The zero-order chi connectivity index (χ0) is 32.1. The van der Waals surface area contributed by atoms with Crippen LogP contribution in [-0.4, -0.2) is 0 Å². The van der Waals surface area contributed by atoms with Gasteiger partial charge in [0, 0.05) is 33.5 Å². The number of benzene rings is 8. The van der Waals surface area contributed by atoms with Crippen LogP contribution in [0.5, 0.6) is 0 Å². The molecule has 0 aliphatic rings. The molecule has 8 aromatic rings. The molecule has 0 radical (unpaired) electrons. The van der Waals surface area contributed by atoms with Crippen molar-refractivity contribution in [2.75, 3.05) is 9.80 Å². The molecule has 2 nitrogen and oxygen atoms in total. The number of para-hydroxylation sites is 2. The summed E-state index contributed by atoms with van der Waals surface area (Å²) in [6, 6.07) is 73.4. The van der Waals surface area contributed by atoms with Gasteiger partial charge in [-0.1, -0.05) is 146 Å². The maximum Gasteiger partial charge on any atom is 0.0541 e. The van der Waals surface area contributed by atoms with Gasteiger partial charge in [0.1, 0.15) is 0 Å². The molecule has 228 valence electrons. The Hall–Kier alpha value is -6.38. The van der Waals surface area contributed by atoms with E-state index in [2.05, 4.69) is 216 Å². The quantitative estimate of drug-likeness (QED) is 0.168. The first kappa shape index (κ1) is 29.1. The molecule has 0 atom stereocenters. The second-order valence-corrected chi connectivity index (χ2v) is 11.8. The number of fused-ring (bicyclic) bond motifs is 1. The van der Waals surface area contributed by atoms with Crippen molar-refractivity contribution in [3.8, 4) is 22.3 Å². The summed E-state index contributed by atoms with van der Waals surface area (Å²) in [5.74, 6) is 0. The summed E-state index contributed by atoms with van der Waals surface area (Å²) in [6.07, 6.45) is 0. The lowest BCUT2D eigenvalue weighted by molar-refractivity contribution is 1.28. The fourth-order valence-electron chi connectivity index (χ4n) is 6.55. The minimum Gasteiger partial charge on any atom is -0.310 e. The summed E-state index contributed by atoms with van der Waals surface area (Å²) in [6.45, 7) is 0. The van der Waals surface area contributed by atoms with Crippen LogP contribution >= 0.6 is 0 Å². The van der Waals surface area contributed by atoms with Gasteiger partial charge in [0.05, 0.1) is 11.4 Å². The highest BCUT2D eigenvalue weighted by Crippen LogP contribution is 2.45. The molecule has 0 spiro atoms. The third-order valence-electron chi connectivity index (χ3n) is 8.83. The molecular formula is C46H34N2. The lowest BCUT2D eigenvalue weighted by atomic mass is 10.0. The molecule has 48 heavy (non-hydrogen) atoms. The first-order valence-corrected chi connectivity index (χ1v) is 16.4. The third-order valence-corrected chi connectivity index (χ3v) is 8.83. The summed E-state index contributed by atoms with van der Waals surface area (Å²) in [7, 11) is 0. The lowest BCUT2D eigenvalue weighted by Crippen LogP contribution is -2.13. The van der Waals surface area contributed by atoms with Gasteiger partial charge in [0.15, 0.2) is 0 Å². The maximum absolute atomic E-state index is 2.38. The molecular weight excluding hydrogens is 581 g/mol.